The maximum atomic E-state index is 12.1. The van der Waals surface area contributed by atoms with Crippen LogP contribution in [0.25, 0.3) is 0 Å². The lowest BCUT2D eigenvalue weighted by atomic mass is 10.1. The van der Waals surface area contributed by atoms with E-state index in [0.717, 1.165) is 27.0 Å². The van der Waals surface area contributed by atoms with Crippen molar-refractivity contribution in [3.05, 3.63) is 94.5 Å². The summed E-state index contributed by atoms with van der Waals surface area (Å²) >= 11 is 3.37. The molecule has 26 heavy (non-hydrogen) atoms. The molecule has 0 amide bonds. The van der Waals surface area contributed by atoms with Gasteiger partial charge in [0.1, 0.15) is 12.4 Å². The van der Waals surface area contributed by atoms with E-state index in [1.807, 2.05) is 78.9 Å². The molecule has 0 unspecified atom stereocenters. The van der Waals surface area contributed by atoms with Crippen LogP contribution in [-0.4, -0.2) is 12.3 Å². The van der Waals surface area contributed by atoms with Crippen LogP contribution in [0.1, 0.15) is 22.3 Å². The number of hydrogen-bond donors (Lipinski definition) is 1. The molecule has 0 saturated carbocycles. The van der Waals surface area contributed by atoms with Crippen molar-refractivity contribution in [1.29, 1.82) is 0 Å². The molecule has 0 fully saturated rings. The van der Waals surface area contributed by atoms with Crippen LogP contribution in [0.4, 0.5) is 5.69 Å². The summed E-state index contributed by atoms with van der Waals surface area (Å²) in [5.41, 5.74) is 2.85. The predicted octanol–water partition coefficient (Wildman–Crippen LogP) is 5.71. The number of nitrogens with one attached hydrogen (secondary N) is 1. The van der Waals surface area contributed by atoms with Crippen molar-refractivity contribution in [3.63, 3.8) is 0 Å². The van der Waals surface area contributed by atoms with Gasteiger partial charge in [-0.2, -0.15) is 0 Å². The van der Waals surface area contributed by atoms with Gasteiger partial charge in [-0.15, -0.1) is 0 Å². The van der Waals surface area contributed by atoms with E-state index in [1.54, 1.807) is 0 Å². The average Bonchev–Trinajstić information content (AvgIpc) is 2.68. The van der Waals surface area contributed by atoms with Gasteiger partial charge in [0.15, 0.2) is 5.78 Å². The molecule has 0 aliphatic rings. The molecular weight excluding hydrogens is 390 g/mol. The second-order valence-electron chi connectivity index (χ2n) is 5.91. The molecular formula is C22H20BrNO2. The number of halogens is 1. The summed E-state index contributed by atoms with van der Waals surface area (Å²) in [7, 11) is 0. The minimum atomic E-state index is 0.132. The number of Topliss-reactive ketones (excluding diaryl/α,β-unsaturated/α-hetero) is 1. The van der Waals surface area contributed by atoms with E-state index in [0.29, 0.717) is 19.6 Å². The van der Waals surface area contributed by atoms with Crippen molar-refractivity contribution in [2.24, 2.45) is 0 Å². The molecule has 0 saturated heterocycles. The molecule has 0 radical (unpaired) electrons. The first kappa shape index (κ1) is 18.2. The van der Waals surface area contributed by atoms with E-state index in [9.17, 15) is 4.79 Å². The van der Waals surface area contributed by atoms with Crippen LogP contribution >= 0.6 is 15.9 Å². The maximum Gasteiger partial charge on any atom is 0.164 e. The summed E-state index contributed by atoms with van der Waals surface area (Å²) in [6.45, 7) is 1.15. The van der Waals surface area contributed by atoms with Gasteiger partial charge < -0.3 is 10.1 Å². The average molecular weight is 410 g/mol. The van der Waals surface area contributed by atoms with Crippen LogP contribution in [0, 0.1) is 0 Å². The smallest absolute Gasteiger partial charge is 0.164 e. The summed E-state index contributed by atoms with van der Waals surface area (Å²) in [6.07, 6.45) is 0.452. The number of ether oxygens (including phenoxy) is 1. The molecule has 3 nitrogen and oxygen atoms in total. The number of anilines is 1. The summed E-state index contributed by atoms with van der Waals surface area (Å²) in [5.74, 6) is 0.957. The quantitative estimate of drug-likeness (QED) is 0.483. The highest BCUT2D eigenvalue weighted by Crippen LogP contribution is 2.17. The number of ketones is 1. The van der Waals surface area contributed by atoms with E-state index in [4.69, 9.17) is 4.74 Å². The first-order valence-corrected chi connectivity index (χ1v) is 9.29. The van der Waals surface area contributed by atoms with Crippen molar-refractivity contribution < 1.29 is 9.53 Å². The van der Waals surface area contributed by atoms with Gasteiger partial charge in [-0.1, -0.05) is 58.4 Å². The second kappa shape index (κ2) is 9.20. The molecule has 0 atom stereocenters. The first-order valence-electron chi connectivity index (χ1n) is 8.50. The highest BCUT2D eigenvalue weighted by molar-refractivity contribution is 9.10. The van der Waals surface area contributed by atoms with Crippen LogP contribution in [0.3, 0.4) is 0 Å². The number of carbonyl (C=O) groups is 1. The molecule has 132 valence electrons. The van der Waals surface area contributed by atoms with Gasteiger partial charge in [-0.05, 0) is 42.0 Å². The molecule has 0 heterocycles. The monoisotopic (exact) mass is 409 g/mol. The Hall–Kier alpha value is -2.59. The molecule has 4 heteroatoms. The molecule has 0 aliphatic heterocycles. The zero-order valence-electron chi connectivity index (χ0n) is 14.3. The standard InChI is InChI=1S/C22H20BrNO2/c23-19-8-6-18(7-9-19)22(25)14-15-24-20-10-12-21(13-11-20)26-16-17-4-2-1-3-5-17/h1-13,24H,14-16H2. The normalized spacial score (nSPS) is 10.3. The lowest BCUT2D eigenvalue weighted by Gasteiger charge is -2.09. The van der Waals surface area contributed by atoms with E-state index in [1.165, 1.54) is 0 Å². The Labute approximate surface area is 162 Å². The predicted molar refractivity (Wildman–Crippen MR) is 109 cm³/mol. The molecule has 1 N–H and O–H groups in total. The van der Waals surface area contributed by atoms with Gasteiger partial charge in [0.05, 0.1) is 0 Å². The third kappa shape index (κ3) is 5.46. The van der Waals surface area contributed by atoms with E-state index in [-0.39, 0.29) is 5.78 Å². The molecule has 0 aromatic heterocycles. The van der Waals surface area contributed by atoms with Crippen molar-refractivity contribution in [3.8, 4) is 5.75 Å². The first-order chi connectivity index (χ1) is 12.7. The van der Waals surface area contributed by atoms with E-state index < -0.39 is 0 Å². The van der Waals surface area contributed by atoms with Crippen LogP contribution in [-0.2, 0) is 6.61 Å². The number of benzene rings is 3. The van der Waals surface area contributed by atoms with E-state index >= 15 is 0 Å². The van der Waals surface area contributed by atoms with Gasteiger partial charge in [-0.25, -0.2) is 0 Å². The summed E-state index contributed by atoms with van der Waals surface area (Å²) < 4.78 is 6.75. The van der Waals surface area contributed by atoms with Crippen LogP contribution < -0.4 is 10.1 Å². The Balaban J connectivity index is 1.44. The van der Waals surface area contributed by atoms with Gasteiger partial charge in [0.2, 0.25) is 0 Å². The zero-order chi connectivity index (χ0) is 18.2. The van der Waals surface area contributed by atoms with Crippen molar-refractivity contribution >= 4 is 27.4 Å². The Bertz CT molecular complexity index is 830. The molecule has 3 aromatic carbocycles. The third-order valence-electron chi connectivity index (χ3n) is 3.95. The van der Waals surface area contributed by atoms with Gasteiger partial charge in [0.25, 0.3) is 0 Å². The van der Waals surface area contributed by atoms with Crippen molar-refractivity contribution in [2.45, 2.75) is 13.0 Å². The highest BCUT2D eigenvalue weighted by atomic mass is 79.9. The topological polar surface area (TPSA) is 38.3 Å². The fourth-order valence-electron chi connectivity index (χ4n) is 2.51. The summed E-state index contributed by atoms with van der Waals surface area (Å²) in [6, 6.07) is 25.3. The van der Waals surface area contributed by atoms with Crippen molar-refractivity contribution in [2.75, 3.05) is 11.9 Å². The van der Waals surface area contributed by atoms with Gasteiger partial charge in [0, 0.05) is 28.7 Å². The molecule has 0 spiro atoms. The fraction of sp³-hybridized carbons (Fsp3) is 0.136. The van der Waals surface area contributed by atoms with Crippen LogP contribution in [0.2, 0.25) is 0 Å². The lowest BCUT2D eigenvalue weighted by molar-refractivity contribution is 0.0986. The van der Waals surface area contributed by atoms with Gasteiger partial charge >= 0.3 is 0 Å². The minimum Gasteiger partial charge on any atom is -0.489 e. The molecule has 0 bridgehead atoms. The molecule has 3 aromatic rings. The van der Waals surface area contributed by atoms with Crippen LogP contribution in [0.5, 0.6) is 5.75 Å². The Morgan fingerprint density at radius 3 is 2.27 bits per heavy atom. The number of rotatable bonds is 8. The molecule has 3 rings (SSSR count). The Kier molecular flexibility index (Phi) is 6.45. The maximum absolute atomic E-state index is 12.1. The van der Waals surface area contributed by atoms with Gasteiger partial charge in [-0.3, -0.25) is 4.79 Å². The van der Waals surface area contributed by atoms with Crippen LogP contribution in [0.15, 0.2) is 83.3 Å². The molecule has 0 aliphatic carbocycles. The minimum absolute atomic E-state index is 0.132. The van der Waals surface area contributed by atoms with E-state index in [2.05, 4.69) is 21.2 Å². The fourth-order valence-corrected chi connectivity index (χ4v) is 2.77. The number of hydrogen-bond acceptors (Lipinski definition) is 3. The summed E-state index contributed by atoms with van der Waals surface area (Å²) in [5, 5.41) is 3.27. The highest BCUT2D eigenvalue weighted by Gasteiger charge is 2.05. The Morgan fingerprint density at radius 1 is 0.885 bits per heavy atom. The lowest BCUT2D eigenvalue weighted by Crippen LogP contribution is -2.08. The zero-order valence-corrected chi connectivity index (χ0v) is 15.9. The largest absolute Gasteiger partial charge is 0.489 e. The number of carbonyl (C=O) groups excluding carboxylic acids is 1. The van der Waals surface area contributed by atoms with Crippen molar-refractivity contribution in [1.82, 2.24) is 0 Å². The SMILES string of the molecule is O=C(CCNc1ccc(OCc2ccccc2)cc1)c1ccc(Br)cc1. The Morgan fingerprint density at radius 2 is 1.58 bits per heavy atom. The second-order valence-corrected chi connectivity index (χ2v) is 6.82. The summed E-state index contributed by atoms with van der Waals surface area (Å²) in [4.78, 5) is 12.1. The third-order valence-corrected chi connectivity index (χ3v) is 4.48.